The van der Waals surface area contributed by atoms with E-state index in [1.807, 2.05) is 37.3 Å². The van der Waals surface area contributed by atoms with Gasteiger partial charge in [-0.25, -0.2) is 0 Å². The molecule has 3 aromatic rings. The maximum atomic E-state index is 9.60. The summed E-state index contributed by atoms with van der Waals surface area (Å²) in [5.41, 5.74) is 6.17. The highest BCUT2D eigenvalue weighted by Gasteiger charge is 2.41. The van der Waals surface area contributed by atoms with Crippen LogP contribution < -0.4 is 4.74 Å². The smallest absolute Gasteiger partial charge is 0.137 e. The third-order valence-corrected chi connectivity index (χ3v) is 7.92. The molecule has 1 aromatic heterocycles. The molecule has 0 saturated carbocycles. The zero-order valence-electron chi connectivity index (χ0n) is 19.1. The predicted molar refractivity (Wildman–Crippen MR) is 132 cm³/mol. The van der Waals surface area contributed by atoms with E-state index in [2.05, 4.69) is 54.3 Å². The maximum absolute atomic E-state index is 9.60. The quantitative estimate of drug-likeness (QED) is 0.409. The van der Waals surface area contributed by atoms with Gasteiger partial charge in [0, 0.05) is 15.8 Å². The van der Waals surface area contributed by atoms with E-state index < -0.39 is 0 Å². The average molecular weight is 443 g/mol. The molecule has 3 nitrogen and oxygen atoms in total. The van der Waals surface area contributed by atoms with E-state index in [-0.39, 0.29) is 6.10 Å². The van der Waals surface area contributed by atoms with Gasteiger partial charge in [-0.05, 0) is 105 Å². The standard InChI is InChI=1S/C28H30N2OS/c1-4-13-30-14-12-20-16-24-22(6-5-7-23(24)28(20)30)27-11-10-26(32-27)19-8-9-25(31-18(2)3)21(15-19)17-29/h5-11,15,18,20,28H,4,12-14,16H2,1-3H3/t20-,28-/m1/s1. The number of thiophene rings is 1. The van der Waals surface area contributed by atoms with Crippen molar-refractivity contribution in [2.75, 3.05) is 13.1 Å². The molecular formula is C28H30N2OS. The summed E-state index contributed by atoms with van der Waals surface area (Å²) in [5.74, 6) is 1.43. The van der Waals surface area contributed by atoms with Gasteiger partial charge < -0.3 is 4.74 Å². The van der Waals surface area contributed by atoms with Crippen molar-refractivity contribution in [2.45, 2.75) is 52.2 Å². The van der Waals surface area contributed by atoms with E-state index in [9.17, 15) is 5.26 Å². The predicted octanol–water partition coefficient (Wildman–Crippen LogP) is 7.07. The van der Waals surface area contributed by atoms with E-state index in [4.69, 9.17) is 4.74 Å². The summed E-state index contributed by atoms with van der Waals surface area (Å²) in [5, 5.41) is 9.60. The summed E-state index contributed by atoms with van der Waals surface area (Å²) in [6, 6.07) is 20.2. The summed E-state index contributed by atoms with van der Waals surface area (Å²) < 4.78 is 5.79. The molecule has 2 atom stereocenters. The van der Waals surface area contributed by atoms with Crippen molar-refractivity contribution < 1.29 is 4.74 Å². The Morgan fingerprint density at radius 1 is 1.16 bits per heavy atom. The van der Waals surface area contributed by atoms with Crippen LogP contribution in [0.5, 0.6) is 5.75 Å². The van der Waals surface area contributed by atoms with Crippen molar-refractivity contribution in [3.05, 3.63) is 65.2 Å². The summed E-state index contributed by atoms with van der Waals surface area (Å²) in [6.45, 7) is 8.69. The minimum atomic E-state index is 0.0502. The fourth-order valence-electron chi connectivity index (χ4n) is 5.50. The van der Waals surface area contributed by atoms with Crippen LogP contribution in [0.2, 0.25) is 0 Å². The second-order valence-corrected chi connectivity index (χ2v) is 10.3. The third-order valence-electron chi connectivity index (χ3n) is 6.75. The number of fused-ring (bicyclic) bond motifs is 3. The number of benzene rings is 2. The molecule has 2 heterocycles. The first-order valence-corrected chi connectivity index (χ1v) is 12.6. The van der Waals surface area contributed by atoms with Gasteiger partial charge in [-0.1, -0.05) is 25.1 Å². The number of rotatable bonds is 6. The van der Waals surface area contributed by atoms with Gasteiger partial charge in [0.1, 0.15) is 11.8 Å². The third kappa shape index (κ3) is 3.74. The number of likely N-dealkylation sites (tertiary alicyclic amines) is 1. The first-order valence-electron chi connectivity index (χ1n) is 11.8. The highest BCUT2D eigenvalue weighted by Crippen LogP contribution is 2.50. The number of nitrogens with zero attached hydrogens (tertiary/aromatic N) is 2. The minimum absolute atomic E-state index is 0.0502. The van der Waals surface area contributed by atoms with Crippen LogP contribution in [0.25, 0.3) is 20.9 Å². The van der Waals surface area contributed by atoms with Crippen molar-refractivity contribution in [3.8, 4) is 32.7 Å². The molecule has 0 N–H and O–H groups in total. The molecule has 1 aliphatic carbocycles. The normalized spacial score (nSPS) is 19.7. The Morgan fingerprint density at radius 2 is 2.00 bits per heavy atom. The lowest BCUT2D eigenvalue weighted by molar-refractivity contribution is 0.240. The molecule has 164 valence electrons. The van der Waals surface area contributed by atoms with Gasteiger partial charge in [0.2, 0.25) is 0 Å². The molecule has 1 saturated heterocycles. The molecule has 2 aliphatic rings. The second-order valence-electron chi connectivity index (χ2n) is 9.26. The fraction of sp³-hybridized carbons (Fsp3) is 0.393. The number of hydrogen-bond acceptors (Lipinski definition) is 4. The summed E-state index contributed by atoms with van der Waals surface area (Å²) in [6.07, 6.45) is 3.78. The van der Waals surface area contributed by atoms with Crippen LogP contribution in [0.15, 0.2) is 48.5 Å². The van der Waals surface area contributed by atoms with Crippen LogP contribution in [0, 0.1) is 17.2 Å². The number of nitriles is 1. The Morgan fingerprint density at radius 3 is 2.78 bits per heavy atom. The zero-order valence-corrected chi connectivity index (χ0v) is 19.9. The van der Waals surface area contributed by atoms with Gasteiger partial charge in [-0.15, -0.1) is 11.3 Å². The van der Waals surface area contributed by atoms with Crippen molar-refractivity contribution in [1.82, 2.24) is 4.90 Å². The molecule has 0 radical (unpaired) electrons. The van der Waals surface area contributed by atoms with Crippen molar-refractivity contribution >= 4 is 11.3 Å². The Balaban J connectivity index is 1.46. The monoisotopic (exact) mass is 442 g/mol. The molecule has 1 aliphatic heterocycles. The van der Waals surface area contributed by atoms with Crippen LogP contribution >= 0.6 is 11.3 Å². The van der Waals surface area contributed by atoms with Crippen molar-refractivity contribution in [2.24, 2.45) is 5.92 Å². The molecule has 4 heteroatoms. The molecule has 2 aromatic carbocycles. The average Bonchev–Trinajstić information content (AvgIpc) is 3.50. The van der Waals surface area contributed by atoms with E-state index in [1.54, 1.807) is 11.1 Å². The Kier molecular flexibility index (Phi) is 5.80. The van der Waals surface area contributed by atoms with Crippen LogP contribution in [0.1, 0.15) is 56.3 Å². The highest BCUT2D eigenvalue weighted by atomic mass is 32.1. The van der Waals surface area contributed by atoms with Crippen LogP contribution in [-0.4, -0.2) is 24.1 Å². The Labute approximate surface area is 195 Å². The number of hydrogen-bond donors (Lipinski definition) is 0. The lowest BCUT2D eigenvalue weighted by Gasteiger charge is -2.24. The largest absolute Gasteiger partial charge is 0.490 e. The van der Waals surface area contributed by atoms with E-state index in [0.29, 0.717) is 17.4 Å². The summed E-state index contributed by atoms with van der Waals surface area (Å²) in [7, 11) is 0. The summed E-state index contributed by atoms with van der Waals surface area (Å²) >= 11 is 1.82. The SMILES string of the molecule is CCCN1CC[C@@H]2Cc3c(-c4ccc(-c5ccc(OC(C)C)c(C#N)c5)s4)cccc3[C@@H]21. The lowest BCUT2D eigenvalue weighted by atomic mass is 10.0. The molecule has 0 spiro atoms. The van der Waals surface area contributed by atoms with E-state index in [1.165, 1.54) is 47.7 Å². The molecule has 5 rings (SSSR count). The first kappa shape index (κ1) is 21.2. The van der Waals surface area contributed by atoms with Gasteiger partial charge in [-0.3, -0.25) is 4.90 Å². The second kappa shape index (κ2) is 8.73. The van der Waals surface area contributed by atoms with Crippen molar-refractivity contribution in [3.63, 3.8) is 0 Å². The van der Waals surface area contributed by atoms with Crippen molar-refractivity contribution in [1.29, 1.82) is 5.26 Å². The fourth-order valence-corrected chi connectivity index (χ4v) is 6.55. The summed E-state index contributed by atoms with van der Waals surface area (Å²) in [4.78, 5) is 5.21. The van der Waals surface area contributed by atoms with E-state index in [0.717, 1.165) is 11.5 Å². The molecule has 32 heavy (non-hydrogen) atoms. The zero-order chi connectivity index (χ0) is 22.2. The Bertz CT molecular complexity index is 1170. The molecule has 0 unspecified atom stereocenters. The van der Waals surface area contributed by atoms with Crippen LogP contribution in [-0.2, 0) is 6.42 Å². The highest BCUT2D eigenvalue weighted by molar-refractivity contribution is 7.18. The molecule has 1 fully saturated rings. The van der Waals surface area contributed by atoms with Crippen LogP contribution in [0.3, 0.4) is 0 Å². The number of ether oxygens (including phenoxy) is 1. The van der Waals surface area contributed by atoms with Crippen LogP contribution in [0.4, 0.5) is 0 Å². The first-order chi connectivity index (χ1) is 15.6. The van der Waals surface area contributed by atoms with Gasteiger partial charge in [0.15, 0.2) is 0 Å². The van der Waals surface area contributed by atoms with Gasteiger partial charge in [0.05, 0.1) is 11.7 Å². The van der Waals surface area contributed by atoms with Gasteiger partial charge >= 0.3 is 0 Å². The van der Waals surface area contributed by atoms with Gasteiger partial charge in [0.25, 0.3) is 0 Å². The molecule has 0 bridgehead atoms. The minimum Gasteiger partial charge on any atom is -0.490 e. The lowest BCUT2D eigenvalue weighted by Crippen LogP contribution is -2.24. The molecule has 0 amide bonds. The topological polar surface area (TPSA) is 36.3 Å². The van der Waals surface area contributed by atoms with E-state index >= 15 is 0 Å². The Hall–Kier alpha value is -2.61. The molecular weight excluding hydrogens is 412 g/mol. The van der Waals surface area contributed by atoms with Gasteiger partial charge in [-0.2, -0.15) is 5.26 Å². The maximum Gasteiger partial charge on any atom is 0.137 e.